The van der Waals surface area contributed by atoms with E-state index in [0.29, 0.717) is 10.6 Å². The number of hydrogen-bond donors (Lipinski definition) is 2. The predicted octanol–water partition coefficient (Wildman–Crippen LogP) is 2.37. The second-order valence-corrected chi connectivity index (χ2v) is 3.75. The van der Waals surface area contributed by atoms with Crippen LogP contribution in [0.2, 0.25) is 5.02 Å². The van der Waals surface area contributed by atoms with Gasteiger partial charge in [-0.2, -0.15) is 0 Å². The second kappa shape index (κ2) is 5.51. The zero-order valence-corrected chi connectivity index (χ0v) is 9.15. The van der Waals surface area contributed by atoms with Crippen LogP contribution in [0.15, 0.2) is 24.3 Å². The van der Waals surface area contributed by atoms with E-state index >= 15 is 0 Å². The van der Waals surface area contributed by atoms with E-state index in [9.17, 15) is 9.59 Å². The minimum Gasteiger partial charge on any atom is -0.481 e. The number of rotatable bonds is 5. The van der Waals surface area contributed by atoms with Crippen molar-refractivity contribution in [3.8, 4) is 0 Å². The molecule has 5 heteroatoms. The summed E-state index contributed by atoms with van der Waals surface area (Å²) in [5.41, 5.74) is 0.456. The summed E-state index contributed by atoms with van der Waals surface area (Å²) in [6, 6.07) is 6.57. The quantitative estimate of drug-likeness (QED) is 0.831. The molecule has 0 aliphatic heterocycles. The van der Waals surface area contributed by atoms with Crippen LogP contribution >= 0.6 is 11.6 Å². The molecular weight excluding hydrogens is 232 g/mol. The maximum Gasteiger partial charge on any atom is 0.311 e. The van der Waals surface area contributed by atoms with Gasteiger partial charge in [0.05, 0.1) is 5.92 Å². The highest BCUT2D eigenvalue weighted by Crippen LogP contribution is 2.28. The Kier molecular flexibility index (Phi) is 4.31. The van der Waals surface area contributed by atoms with Crippen molar-refractivity contribution in [2.75, 3.05) is 0 Å². The molecule has 16 heavy (non-hydrogen) atoms. The Morgan fingerprint density at radius 2 is 1.88 bits per heavy atom. The van der Waals surface area contributed by atoms with Crippen molar-refractivity contribution in [2.24, 2.45) is 0 Å². The summed E-state index contributed by atoms with van der Waals surface area (Å²) in [7, 11) is 0. The Morgan fingerprint density at radius 3 is 2.38 bits per heavy atom. The van der Waals surface area contributed by atoms with Crippen LogP contribution in [0.1, 0.15) is 24.3 Å². The molecule has 0 saturated carbocycles. The van der Waals surface area contributed by atoms with Gasteiger partial charge in [0.25, 0.3) is 0 Å². The van der Waals surface area contributed by atoms with Crippen LogP contribution < -0.4 is 0 Å². The van der Waals surface area contributed by atoms with Crippen LogP contribution in [-0.4, -0.2) is 22.2 Å². The molecule has 0 aromatic heterocycles. The van der Waals surface area contributed by atoms with Crippen molar-refractivity contribution in [3.05, 3.63) is 34.9 Å². The van der Waals surface area contributed by atoms with Gasteiger partial charge in [-0.3, -0.25) is 9.59 Å². The van der Waals surface area contributed by atoms with E-state index in [-0.39, 0.29) is 12.8 Å². The number of hydrogen-bond acceptors (Lipinski definition) is 2. The van der Waals surface area contributed by atoms with Gasteiger partial charge < -0.3 is 10.2 Å². The van der Waals surface area contributed by atoms with E-state index in [4.69, 9.17) is 21.8 Å². The summed E-state index contributed by atoms with van der Waals surface area (Å²) in [5.74, 6) is -2.95. The Bertz CT molecular complexity index is 403. The first kappa shape index (κ1) is 12.5. The Morgan fingerprint density at radius 1 is 1.25 bits per heavy atom. The van der Waals surface area contributed by atoms with Gasteiger partial charge in [-0.1, -0.05) is 29.8 Å². The van der Waals surface area contributed by atoms with Crippen molar-refractivity contribution in [3.63, 3.8) is 0 Å². The van der Waals surface area contributed by atoms with Gasteiger partial charge in [-0.15, -0.1) is 0 Å². The van der Waals surface area contributed by atoms with Crippen LogP contribution in [0.25, 0.3) is 0 Å². The first-order valence-corrected chi connectivity index (χ1v) is 5.09. The lowest BCUT2D eigenvalue weighted by molar-refractivity contribution is -0.140. The highest BCUT2D eigenvalue weighted by atomic mass is 35.5. The fourth-order valence-electron chi connectivity index (χ4n) is 1.44. The van der Waals surface area contributed by atoms with Crippen molar-refractivity contribution in [1.29, 1.82) is 0 Å². The van der Waals surface area contributed by atoms with E-state index in [1.54, 1.807) is 24.3 Å². The number of benzene rings is 1. The molecule has 0 fully saturated rings. The highest BCUT2D eigenvalue weighted by molar-refractivity contribution is 6.31. The predicted molar refractivity (Wildman–Crippen MR) is 58.7 cm³/mol. The van der Waals surface area contributed by atoms with E-state index in [1.807, 2.05) is 0 Å². The van der Waals surface area contributed by atoms with Gasteiger partial charge in [0.2, 0.25) is 0 Å². The molecule has 86 valence electrons. The number of halogens is 1. The van der Waals surface area contributed by atoms with Crippen LogP contribution in [-0.2, 0) is 9.59 Å². The zero-order valence-electron chi connectivity index (χ0n) is 8.39. The molecule has 0 aliphatic carbocycles. The Labute approximate surface area is 97.5 Å². The molecule has 0 spiro atoms. The van der Waals surface area contributed by atoms with E-state index in [1.165, 1.54) is 0 Å². The third kappa shape index (κ3) is 3.24. The molecule has 0 saturated heterocycles. The lowest BCUT2D eigenvalue weighted by atomic mass is 9.94. The van der Waals surface area contributed by atoms with Gasteiger partial charge in [0, 0.05) is 11.4 Å². The third-order valence-corrected chi connectivity index (χ3v) is 2.57. The average Bonchev–Trinajstić information content (AvgIpc) is 2.20. The Hall–Kier alpha value is -1.55. The highest BCUT2D eigenvalue weighted by Gasteiger charge is 2.22. The molecule has 4 nitrogen and oxygen atoms in total. The maximum atomic E-state index is 11.0. The molecule has 1 unspecified atom stereocenters. The van der Waals surface area contributed by atoms with Crippen molar-refractivity contribution in [1.82, 2.24) is 0 Å². The lowest BCUT2D eigenvalue weighted by Gasteiger charge is -2.12. The first-order valence-electron chi connectivity index (χ1n) is 4.71. The summed E-state index contributed by atoms with van der Waals surface area (Å²) >= 11 is 5.87. The van der Waals surface area contributed by atoms with E-state index in [2.05, 4.69) is 0 Å². The molecule has 1 aromatic rings. The normalized spacial score (nSPS) is 12.1. The van der Waals surface area contributed by atoms with Crippen LogP contribution in [0.3, 0.4) is 0 Å². The second-order valence-electron chi connectivity index (χ2n) is 3.34. The first-order chi connectivity index (χ1) is 7.52. The fourth-order valence-corrected chi connectivity index (χ4v) is 1.70. The summed E-state index contributed by atoms with van der Waals surface area (Å²) in [6.07, 6.45) is -0.156. The van der Waals surface area contributed by atoms with Crippen molar-refractivity contribution in [2.45, 2.75) is 18.8 Å². The molecule has 1 rings (SSSR count). The average molecular weight is 243 g/mol. The third-order valence-electron chi connectivity index (χ3n) is 2.23. The van der Waals surface area contributed by atoms with Gasteiger partial charge in [0.1, 0.15) is 0 Å². The monoisotopic (exact) mass is 242 g/mol. The number of carbonyl (C=O) groups is 2. The minimum absolute atomic E-state index is 0.0361. The number of carboxylic acids is 2. The van der Waals surface area contributed by atoms with E-state index < -0.39 is 17.9 Å². The molecule has 0 heterocycles. The SMILES string of the molecule is O=C(O)CCC(C(=O)O)c1ccccc1Cl. The molecule has 0 aliphatic rings. The summed E-state index contributed by atoms with van der Waals surface area (Å²) in [5, 5.41) is 17.9. The minimum atomic E-state index is -1.06. The van der Waals surface area contributed by atoms with Crippen molar-refractivity contribution < 1.29 is 19.8 Å². The number of carboxylic acid groups (broad SMARTS) is 2. The molecule has 0 bridgehead atoms. The molecule has 0 radical (unpaired) electrons. The fraction of sp³-hybridized carbons (Fsp3) is 0.273. The zero-order chi connectivity index (χ0) is 12.1. The molecule has 2 N–H and O–H groups in total. The summed E-state index contributed by atoms with van der Waals surface area (Å²) in [6.45, 7) is 0. The molecular formula is C11H11ClO4. The molecule has 1 aromatic carbocycles. The smallest absolute Gasteiger partial charge is 0.311 e. The lowest BCUT2D eigenvalue weighted by Crippen LogP contribution is -2.13. The maximum absolute atomic E-state index is 11.0. The van der Waals surface area contributed by atoms with Crippen LogP contribution in [0, 0.1) is 0 Å². The van der Waals surface area contributed by atoms with E-state index in [0.717, 1.165) is 0 Å². The number of aliphatic carboxylic acids is 2. The van der Waals surface area contributed by atoms with Crippen LogP contribution in [0.4, 0.5) is 0 Å². The Balaban J connectivity index is 2.90. The largest absolute Gasteiger partial charge is 0.481 e. The van der Waals surface area contributed by atoms with Gasteiger partial charge in [-0.05, 0) is 18.1 Å². The molecule has 1 atom stereocenters. The molecule has 0 amide bonds. The standard InChI is InChI=1S/C11H11ClO4/c12-9-4-2-1-3-7(9)8(11(15)16)5-6-10(13)14/h1-4,8H,5-6H2,(H,13,14)(H,15,16). The summed E-state index contributed by atoms with van der Waals surface area (Å²) < 4.78 is 0. The summed E-state index contributed by atoms with van der Waals surface area (Å²) in [4.78, 5) is 21.4. The van der Waals surface area contributed by atoms with Gasteiger partial charge in [-0.25, -0.2) is 0 Å². The topological polar surface area (TPSA) is 74.6 Å². The van der Waals surface area contributed by atoms with Gasteiger partial charge >= 0.3 is 11.9 Å². The van der Waals surface area contributed by atoms with Gasteiger partial charge in [0.15, 0.2) is 0 Å². The van der Waals surface area contributed by atoms with Crippen molar-refractivity contribution >= 4 is 23.5 Å². The van der Waals surface area contributed by atoms with Crippen LogP contribution in [0.5, 0.6) is 0 Å².